The van der Waals surface area contributed by atoms with Gasteiger partial charge >= 0.3 is 5.97 Å². The van der Waals surface area contributed by atoms with Crippen molar-refractivity contribution in [2.45, 2.75) is 4.21 Å². The molecule has 2 N–H and O–H groups in total. The van der Waals surface area contributed by atoms with E-state index in [1.165, 1.54) is 42.5 Å². The molecule has 4 nitrogen and oxygen atoms in total. The van der Waals surface area contributed by atoms with Crippen LogP contribution in [0.4, 0.5) is 5.69 Å². The van der Waals surface area contributed by atoms with Crippen molar-refractivity contribution in [2.75, 3.05) is 11.8 Å². The number of benzene rings is 1. The lowest BCUT2D eigenvalue weighted by Crippen LogP contribution is -2.01. The Labute approximate surface area is 137 Å². The molecule has 2 aromatic rings. The Bertz CT molecular complexity index is 628. The van der Waals surface area contributed by atoms with Gasteiger partial charge in [0.15, 0.2) is 0 Å². The number of hydrogen-bond acceptors (Lipinski definition) is 6. The van der Waals surface area contributed by atoms with Crippen molar-refractivity contribution in [3.8, 4) is 5.75 Å². The van der Waals surface area contributed by atoms with Gasteiger partial charge in [-0.25, -0.2) is 4.79 Å². The molecule has 0 aliphatic heterocycles. The molecule has 1 aromatic carbocycles. The smallest absolute Gasteiger partial charge is 0.341 e. The second-order valence-electron chi connectivity index (χ2n) is 3.61. The molecule has 0 bridgehead atoms. The number of carbonyl (C=O) groups excluding carboxylic acids is 1. The van der Waals surface area contributed by atoms with Crippen LogP contribution in [0.5, 0.6) is 5.75 Å². The van der Waals surface area contributed by atoms with Gasteiger partial charge in [0.1, 0.15) is 11.3 Å². The molecule has 0 saturated carbocycles. The van der Waals surface area contributed by atoms with Gasteiger partial charge in [0, 0.05) is 11.8 Å². The zero-order valence-electron chi connectivity index (χ0n) is 10.1. The van der Waals surface area contributed by atoms with E-state index < -0.39 is 5.97 Å². The fourth-order valence-corrected chi connectivity index (χ4v) is 4.25. The van der Waals surface area contributed by atoms with E-state index in [4.69, 9.17) is 11.6 Å². The number of phenols is 1. The number of phenolic OH excluding ortho intramolecular Hbond substituents is 1. The van der Waals surface area contributed by atoms with E-state index in [1.807, 2.05) is 6.07 Å². The second-order valence-corrected chi connectivity index (χ2v) is 7.50. The lowest BCUT2D eigenvalue weighted by Gasteiger charge is -2.07. The number of anilines is 1. The third kappa shape index (κ3) is 3.60. The highest BCUT2D eigenvalue weighted by Crippen LogP contribution is 2.38. The van der Waals surface area contributed by atoms with Gasteiger partial charge in [-0.05, 0) is 46.1 Å². The van der Waals surface area contributed by atoms with Gasteiger partial charge in [-0.2, -0.15) is 0 Å². The minimum absolute atomic E-state index is 0.130. The number of aromatic hydroxyl groups is 1. The highest BCUT2D eigenvalue weighted by atomic mass is 79.9. The van der Waals surface area contributed by atoms with Crippen LogP contribution in [0.25, 0.3) is 0 Å². The second kappa shape index (κ2) is 6.71. The third-order valence-corrected chi connectivity index (χ3v) is 5.72. The largest absolute Gasteiger partial charge is 0.507 e. The molecule has 0 fully saturated rings. The maximum Gasteiger partial charge on any atom is 0.341 e. The molecule has 0 unspecified atom stereocenters. The topological polar surface area (TPSA) is 58.6 Å². The average Bonchev–Trinajstić information content (AvgIpc) is 2.75. The van der Waals surface area contributed by atoms with Crippen LogP contribution in [-0.2, 0) is 4.74 Å². The molecule has 106 valence electrons. The normalized spacial score (nSPS) is 10.3. The molecule has 0 atom stereocenters. The van der Waals surface area contributed by atoms with Crippen LogP contribution < -0.4 is 4.72 Å². The molecule has 20 heavy (non-hydrogen) atoms. The number of carbonyl (C=O) groups is 1. The van der Waals surface area contributed by atoms with Crippen molar-refractivity contribution >= 4 is 62.5 Å². The number of nitrogens with one attached hydrogen (secondary N) is 1. The monoisotopic (exact) mass is 393 g/mol. The highest BCUT2D eigenvalue weighted by Gasteiger charge is 2.12. The Morgan fingerprint density at radius 2 is 2.25 bits per heavy atom. The quantitative estimate of drug-likeness (QED) is 0.577. The van der Waals surface area contributed by atoms with Gasteiger partial charge in [0.05, 0.1) is 20.1 Å². The van der Waals surface area contributed by atoms with Crippen LogP contribution in [0.3, 0.4) is 0 Å². The van der Waals surface area contributed by atoms with Crippen molar-refractivity contribution in [3.05, 3.63) is 38.6 Å². The first-order valence-electron chi connectivity index (χ1n) is 5.30. The first-order chi connectivity index (χ1) is 9.51. The van der Waals surface area contributed by atoms with Gasteiger partial charge in [-0.15, -0.1) is 11.3 Å². The molecule has 2 rings (SSSR count). The predicted molar refractivity (Wildman–Crippen MR) is 86.0 cm³/mol. The van der Waals surface area contributed by atoms with Crippen LogP contribution in [0.1, 0.15) is 10.4 Å². The van der Waals surface area contributed by atoms with Crippen molar-refractivity contribution in [3.63, 3.8) is 0 Å². The number of halogens is 2. The standard InChI is InChI=1S/C12H9BrClNO3S2/c1-18-12(17)7-3-2-6(4-9(7)16)15-20-10-5-8(14)11(13)19-10/h2-5,15-16H,1H3. The summed E-state index contributed by atoms with van der Waals surface area (Å²) in [6, 6.07) is 6.48. The van der Waals surface area contributed by atoms with Gasteiger partial charge in [-0.1, -0.05) is 11.6 Å². The van der Waals surface area contributed by atoms with Crippen LogP contribution in [0.2, 0.25) is 5.02 Å². The molecule has 0 amide bonds. The molecule has 0 saturated heterocycles. The van der Waals surface area contributed by atoms with E-state index in [9.17, 15) is 9.90 Å². The molecular weight excluding hydrogens is 386 g/mol. The summed E-state index contributed by atoms with van der Waals surface area (Å²) in [6.45, 7) is 0. The van der Waals surface area contributed by atoms with Crippen molar-refractivity contribution in [2.24, 2.45) is 0 Å². The van der Waals surface area contributed by atoms with Gasteiger partial charge < -0.3 is 14.6 Å². The van der Waals surface area contributed by atoms with Crippen molar-refractivity contribution in [1.29, 1.82) is 0 Å². The first kappa shape index (κ1) is 15.5. The minimum Gasteiger partial charge on any atom is -0.507 e. The Kier molecular flexibility index (Phi) is 5.20. The summed E-state index contributed by atoms with van der Waals surface area (Å²) in [5, 5.41) is 10.4. The third-order valence-electron chi connectivity index (χ3n) is 2.30. The van der Waals surface area contributed by atoms with Crippen LogP contribution >= 0.6 is 50.8 Å². The van der Waals surface area contributed by atoms with Crippen molar-refractivity contribution in [1.82, 2.24) is 0 Å². The van der Waals surface area contributed by atoms with E-state index >= 15 is 0 Å². The molecule has 0 aliphatic carbocycles. The summed E-state index contributed by atoms with van der Waals surface area (Å²) in [4.78, 5) is 11.3. The number of esters is 1. The van der Waals surface area contributed by atoms with Crippen LogP contribution in [0, 0.1) is 0 Å². The molecule has 1 aromatic heterocycles. The number of methoxy groups -OCH3 is 1. The summed E-state index contributed by atoms with van der Waals surface area (Å²) in [5.41, 5.74) is 0.797. The Balaban J connectivity index is 2.07. The highest BCUT2D eigenvalue weighted by molar-refractivity contribution is 9.11. The van der Waals surface area contributed by atoms with Crippen LogP contribution in [-0.4, -0.2) is 18.2 Å². The number of hydrogen-bond donors (Lipinski definition) is 2. The predicted octanol–water partition coefficient (Wildman–Crippen LogP) is 4.78. The fourth-order valence-electron chi connectivity index (χ4n) is 1.36. The average molecular weight is 395 g/mol. The van der Waals surface area contributed by atoms with Crippen LogP contribution in [0.15, 0.2) is 32.3 Å². The Hall–Kier alpha value is -0.890. The Morgan fingerprint density at radius 1 is 1.50 bits per heavy atom. The lowest BCUT2D eigenvalue weighted by molar-refractivity contribution is 0.0597. The van der Waals surface area contributed by atoms with Crippen molar-refractivity contribution < 1.29 is 14.6 Å². The lowest BCUT2D eigenvalue weighted by atomic mass is 10.2. The maximum atomic E-state index is 11.3. The maximum absolute atomic E-state index is 11.3. The molecular formula is C12H9BrClNO3S2. The summed E-state index contributed by atoms with van der Waals surface area (Å²) in [7, 11) is 1.27. The van der Waals surface area contributed by atoms with E-state index in [0.717, 1.165) is 8.00 Å². The fraction of sp³-hybridized carbons (Fsp3) is 0.0833. The summed E-state index contributed by atoms with van der Waals surface area (Å²) in [6.07, 6.45) is 0. The minimum atomic E-state index is -0.573. The molecule has 0 spiro atoms. The molecule has 0 radical (unpaired) electrons. The van der Waals surface area contributed by atoms with Gasteiger partial charge in [0.2, 0.25) is 0 Å². The zero-order chi connectivity index (χ0) is 14.7. The first-order valence-corrected chi connectivity index (χ1v) is 8.10. The van der Waals surface area contributed by atoms with E-state index in [0.29, 0.717) is 10.7 Å². The molecule has 0 aliphatic rings. The molecule has 8 heteroatoms. The number of thiophene rings is 1. The van der Waals surface area contributed by atoms with E-state index in [-0.39, 0.29) is 11.3 Å². The van der Waals surface area contributed by atoms with E-state index in [1.54, 1.807) is 6.07 Å². The van der Waals surface area contributed by atoms with E-state index in [2.05, 4.69) is 25.4 Å². The zero-order valence-corrected chi connectivity index (χ0v) is 14.1. The number of ether oxygens (including phenoxy) is 1. The molecule has 1 heterocycles. The summed E-state index contributed by atoms with van der Waals surface area (Å²) < 4.78 is 9.46. The SMILES string of the molecule is COC(=O)c1ccc(NSc2cc(Cl)c(Br)s2)cc1O. The van der Waals surface area contributed by atoms with Gasteiger partial charge in [-0.3, -0.25) is 0 Å². The summed E-state index contributed by atoms with van der Waals surface area (Å²) in [5.74, 6) is -0.705. The number of rotatable bonds is 4. The summed E-state index contributed by atoms with van der Waals surface area (Å²) >= 11 is 12.1. The Morgan fingerprint density at radius 3 is 2.80 bits per heavy atom. The van der Waals surface area contributed by atoms with Gasteiger partial charge in [0.25, 0.3) is 0 Å².